The predicted octanol–water partition coefficient (Wildman–Crippen LogP) is -0.0644. The van der Waals surface area contributed by atoms with Crippen molar-refractivity contribution < 1.29 is 23.8 Å². The maximum Gasteiger partial charge on any atom is 0.310 e. The fourth-order valence-electron chi connectivity index (χ4n) is 2.91. The van der Waals surface area contributed by atoms with Crippen LogP contribution < -0.4 is 5.73 Å². The van der Waals surface area contributed by atoms with Gasteiger partial charge in [0.1, 0.15) is 6.17 Å². The van der Waals surface area contributed by atoms with E-state index in [2.05, 4.69) is 0 Å². The number of alkyl halides is 1. The highest BCUT2D eigenvalue weighted by molar-refractivity contribution is 5.84. The van der Waals surface area contributed by atoms with E-state index in [4.69, 9.17) is 15.6 Å². The number of carboxylic acids is 1. The molecular formula is C10H14FNO4. The molecule has 0 aliphatic heterocycles. The van der Waals surface area contributed by atoms with Crippen molar-refractivity contribution in [2.45, 2.75) is 25.1 Å². The Bertz CT molecular complexity index is 348. The number of carboxylic acid groups (broad SMARTS) is 1. The summed E-state index contributed by atoms with van der Waals surface area (Å²) in [6, 6.07) is 0. The molecule has 5 atom stereocenters. The monoisotopic (exact) mass is 231 g/mol. The Hall–Kier alpha value is -1.17. The first kappa shape index (κ1) is 11.3. The predicted molar refractivity (Wildman–Crippen MR) is 51.2 cm³/mol. The van der Waals surface area contributed by atoms with Crippen LogP contribution in [0.1, 0.15) is 13.3 Å². The van der Waals surface area contributed by atoms with Gasteiger partial charge in [-0.15, -0.1) is 0 Å². The number of ether oxygens (including phenoxy) is 1. The van der Waals surface area contributed by atoms with Crippen molar-refractivity contribution in [2.75, 3.05) is 6.61 Å². The third kappa shape index (κ3) is 1.25. The Morgan fingerprint density at radius 2 is 2.25 bits per heavy atom. The van der Waals surface area contributed by atoms with E-state index >= 15 is 0 Å². The zero-order chi connectivity index (χ0) is 12.1. The van der Waals surface area contributed by atoms with Gasteiger partial charge in [-0.2, -0.15) is 0 Å². The van der Waals surface area contributed by atoms with Gasteiger partial charge in [-0.25, -0.2) is 4.39 Å². The molecule has 2 fully saturated rings. The number of esters is 1. The van der Waals surface area contributed by atoms with Gasteiger partial charge in [0.2, 0.25) is 0 Å². The van der Waals surface area contributed by atoms with Crippen LogP contribution in [0.25, 0.3) is 0 Å². The van der Waals surface area contributed by atoms with Gasteiger partial charge in [0.15, 0.2) is 0 Å². The summed E-state index contributed by atoms with van der Waals surface area (Å²) in [5.41, 5.74) is 4.60. The Labute approximate surface area is 91.7 Å². The van der Waals surface area contributed by atoms with Crippen molar-refractivity contribution >= 4 is 11.9 Å². The Kier molecular flexibility index (Phi) is 2.41. The van der Waals surface area contributed by atoms with Gasteiger partial charge in [0.05, 0.1) is 18.4 Å². The summed E-state index contributed by atoms with van der Waals surface area (Å²) >= 11 is 0. The summed E-state index contributed by atoms with van der Waals surface area (Å²) < 4.78 is 18.3. The lowest BCUT2D eigenvalue weighted by molar-refractivity contribution is -0.150. The molecule has 0 bridgehead atoms. The maximum absolute atomic E-state index is 13.5. The van der Waals surface area contributed by atoms with Crippen molar-refractivity contribution in [3.63, 3.8) is 0 Å². The normalized spacial score (nSPS) is 44.9. The van der Waals surface area contributed by atoms with Crippen molar-refractivity contribution in [3.05, 3.63) is 0 Å². The zero-order valence-electron chi connectivity index (χ0n) is 8.85. The van der Waals surface area contributed by atoms with Gasteiger partial charge in [-0.3, -0.25) is 9.59 Å². The molecule has 0 heterocycles. The maximum atomic E-state index is 13.5. The lowest BCUT2D eigenvalue weighted by atomic mass is 9.95. The molecule has 6 heteroatoms. The van der Waals surface area contributed by atoms with Gasteiger partial charge in [-0.05, 0) is 13.3 Å². The molecule has 5 unspecified atom stereocenters. The molecule has 16 heavy (non-hydrogen) atoms. The first-order valence-corrected chi connectivity index (χ1v) is 5.27. The molecule has 5 nitrogen and oxygen atoms in total. The third-order valence-corrected chi connectivity index (χ3v) is 3.66. The lowest BCUT2D eigenvalue weighted by Crippen LogP contribution is -2.40. The molecule has 2 rings (SSSR count). The third-order valence-electron chi connectivity index (χ3n) is 3.66. The summed E-state index contributed by atoms with van der Waals surface area (Å²) in [7, 11) is 0. The summed E-state index contributed by atoms with van der Waals surface area (Å²) in [5.74, 6) is -4.23. The first-order valence-electron chi connectivity index (χ1n) is 5.27. The van der Waals surface area contributed by atoms with E-state index < -0.39 is 41.4 Å². The van der Waals surface area contributed by atoms with E-state index in [0.717, 1.165) is 0 Å². The highest BCUT2D eigenvalue weighted by atomic mass is 19.1. The summed E-state index contributed by atoms with van der Waals surface area (Å²) in [4.78, 5) is 22.4. The molecular weight excluding hydrogens is 217 g/mol. The standard InChI is InChI=1S/C10H14FNO4/c1-2-16-9(15)4-3-5(11)6-7(8(13)14)10(4,6)12/h4-7H,2-3,12H2,1H3,(H,13,14). The smallest absolute Gasteiger partial charge is 0.310 e. The second kappa shape index (κ2) is 3.41. The minimum absolute atomic E-state index is 0.0240. The molecule has 0 saturated heterocycles. The summed E-state index contributed by atoms with van der Waals surface area (Å²) in [5, 5.41) is 8.87. The Balaban J connectivity index is 2.18. The summed E-state index contributed by atoms with van der Waals surface area (Å²) in [6.07, 6.45) is -1.34. The molecule has 2 aliphatic rings. The minimum atomic E-state index is -1.32. The van der Waals surface area contributed by atoms with Crippen LogP contribution in [0.5, 0.6) is 0 Å². The number of carbonyl (C=O) groups excluding carboxylic acids is 1. The van der Waals surface area contributed by atoms with Crippen LogP contribution in [-0.2, 0) is 14.3 Å². The van der Waals surface area contributed by atoms with Crippen LogP contribution in [0.2, 0.25) is 0 Å². The number of rotatable bonds is 3. The fraction of sp³-hybridized carbons (Fsp3) is 0.800. The molecule has 2 saturated carbocycles. The number of hydrogen-bond acceptors (Lipinski definition) is 4. The summed E-state index contributed by atoms with van der Waals surface area (Å²) in [6.45, 7) is 1.83. The van der Waals surface area contributed by atoms with E-state index in [1.807, 2.05) is 0 Å². The SMILES string of the molecule is CCOC(=O)C1CC(F)C2C(C(=O)O)C12N. The van der Waals surface area contributed by atoms with Crippen molar-refractivity contribution in [2.24, 2.45) is 23.5 Å². The average molecular weight is 231 g/mol. The van der Waals surface area contributed by atoms with E-state index in [-0.39, 0.29) is 13.0 Å². The van der Waals surface area contributed by atoms with Gasteiger partial charge < -0.3 is 15.6 Å². The van der Waals surface area contributed by atoms with Gasteiger partial charge in [-0.1, -0.05) is 0 Å². The van der Waals surface area contributed by atoms with Crippen LogP contribution in [-0.4, -0.2) is 35.4 Å². The minimum Gasteiger partial charge on any atom is -0.481 e. The van der Waals surface area contributed by atoms with Crippen LogP contribution in [0, 0.1) is 17.8 Å². The first-order chi connectivity index (χ1) is 7.44. The molecule has 0 radical (unpaired) electrons. The van der Waals surface area contributed by atoms with Crippen molar-refractivity contribution in [3.8, 4) is 0 Å². The largest absolute Gasteiger partial charge is 0.481 e. The molecule has 3 N–H and O–H groups in total. The van der Waals surface area contributed by atoms with E-state index in [1.54, 1.807) is 6.92 Å². The average Bonchev–Trinajstić information content (AvgIpc) is 2.74. The van der Waals surface area contributed by atoms with Crippen LogP contribution in [0.15, 0.2) is 0 Å². The molecule has 0 aromatic heterocycles. The number of hydrogen-bond donors (Lipinski definition) is 2. The molecule has 0 aromatic carbocycles. The van der Waals surface area contributed by atoms with Gasteiger partial charge >= 0.3 is 11.9 Å². The van der Waals surface area contributed by atoms with Crippen molar-refractivity contribution in [1.29, 1.82) is 0 Å². The molecule has 0 spiro atoms. The second-order valence-corrected chi connectivity index (χ2v) is 4.40. The quantitative estimate of drug-likeness (QED) is 0.664. The number of nitrogens with two attached hydrogens (primary N) is 1. The Morgan fingerprint density at radius 1 is 1.62 bits per heavy atom. The molecule has 0 aromatic rings. The molecule has 90 valence electrons. The highest BCUT2D eigenvalue weighted by Crippen LogP contribution is 2.63. The topological polar surface area (TPSA) is 89.6 Å². The van der Waals surface area contributed by atoms with Gasteiger partial charge in [0, 0.05) is 11.5 Å². The fourth-order valence-corrected chi connectivity index (χ4v) is 2.91. The van der Waals surface area contributed by atoms with Gasteiger partial charge in [0.25, 0.3) is 0 Å². The molecule has 2 aliphatic carbocycles. The zero-order valence-corrected chi connectivity index (χ0v) is 8.85. The number of halogens is 1. The highest BCUT2D eigenvalue weighted by Gasteiger charge is 2.78. The van der Waals surface area contributed by atoms with Crippen LogP contribution >= 0.6 is 0 Å². The number of aliphatic carboxylic acids is 1. The second-order valence-electron chi connectivity index (χ2n) is 4.40. The number of carbonyl (C=O) groups is 2. The lowest BCUT2D eigenvalue weighted by Gasteiger charge is -2.18. The van der Waals surface area contributed by atoms with E-state index in [1.165, 1.54) is 0 Å². The Morgan fingerprint density at radius 3 is 2.69 bits per heavy atom. The number of fused-ring (bicyclic) bond motifs is 1. The van der Waals surface area contributed by atoms with Crippen LogP contribution in [0.3, 0.4) is 0 Å². The van der Waals surface area contributed by atoms with E-state index in [9.17, 15) is 14.0 Å². The molecule has 0 amide bonds. The van der Waals surface area contributed by atoms with Crippen molar-refractivity contribution in [1.82, 2.24) is 0 Å². The van der Waals surface area contributed by atoms with E-state index in [0.29, 0.717) is 0 Å². The van der Waals surface area contributed by atoms with Crippen LogP contribution in [0.4, 0.5) is 4.39 Å².